The molecule has 0 radical (unpaired) electrons. The Hall–Kier alpha value is -1.36. The van der Waals surface area contributed by atoms with Crippen molar-refractivity contribution in [3.63, 3.8) is 0 Å². The van der Waals surface area contributed by atoms with Gasteiger partial charge in [-0.1, -0.05) is 19.3 Å². The molecule has 5 nitrogen and oxygen atoms in total. The van der Waals surface area contributed by atoms with E-state index in [9.17, 15) is 9.90 Å². The van der Waals surface area contributed by atoms with E-state index < -0.39 is 5.60 Å². The van der Waals surface area contributed by atoms with Gasteiger partial charge in [0.2, 0.25) is 5.78 Å². The van der Waals surface area contributed by atoms with Crippen LogP contribution in [0.1, 0.15) is 49.5 Å². The van der Waals surface area contributed by atoms with Crippen LogP contribution in [0.5, 0.6) is 5.75 Å². The van der Waals surface area contributed by atoms with Crippen LogP contribution in [-0.2, 0) is 6.54 Å². The molecule has 0 atom stereocenters. The fourth-order valence-electron chi connectivity index (χ4n) is 2.57. The zero-order valence-corrected chi connectivity index (χ0v) is 11.0. The van der Waals surface area contributed by atoms with Crippen molar-refractivity contribution in [1.82, 2.24) is 9.78 Å². The van der Waals surface area contributed by atoms with Gasteiger partial charge >= 0.3 is 0 Å². The van der Waals surface area contributed by atoms with Gasteiger partial charge in [-0.2, -0.15) is 5.10 Å². The molecule has 0 unspecified atom stereocenters. The minimum Gasteiger partial charge on any atom is -0.493 e. The van der Waals surface area contributed by atoms with E-state index in [0.717, 1.165) is 19.3 Å². The number of carbonyl (C=O) groups excluding carboxylic acids is 1. The molecule has 0 aliphatic heterocycles. The lowest BCUT2D eigenvalue weighted by atomic mass is 9.80. The predicted octanol–water partition coefficient (Wildman–Crippen LogP) is 1.79. The average Bonchev–Trinajstić information content (AvgIpc) is 2.81. The number of hydrogen-bond donors (Lipinski definition) is 1. The van der Waals surface area contributed by atoms with Gasteiger partial charge in [-0.05, 0) is 19.8 Å². The van der Waals surface area contributed by atoms with E-state index in [4.69, 9.17) is 4.74 Å². The van der Waals surface area contributed by atoms with Crippen LogP contribution in [0.2, 0.25) is 0 Å². The van der Waals surface area contributed by atoms with Crippen molar-refractivity contribution in [2.24, 2.45) is 0 Å². The number of rotatable bonds is 4. The molecule has 0 amide bonds. The van der Waals surface area contributed by atoms with Gasteiger partial charge in [0.15, 0.2) is 5.75 Å². The first-order valence-electron chi connectivity index (χ1n) is 6.49. The highest BCUT2D eigenvalue weighted by molar-refractivity contribution is 6.03. The summed E-state index contributed by atoms with van der Waals surface area (Å²) in [7, 11) is 1.51. The second-order valence-electron chi connectivity index (χ2n) is 4.80. The van der Waals surface area contributed by atoms with Crippen molar-refractivity contribution in [3.8, 4) is 5.75 Å². The highest BCUT2D eigenvalue weighted by Crippen LogP contribution is 2.33. The van der Waals surface area contributed by atoms with Crippen molar-refractivity contribution < 1.29 is 14.6 Å². The molecule has 0 saturated heterocycles. The molecule has 1 heterocycles. The lowest BCUT2D eigenvalue weighted by Crippen LogP contribution is -2.41. The van der Waals surface area contributed by atoms with Gasteiger partial charge in [-0.25, -0.2) is 0 Å². The van der Waals surface area contributed by atoms with Crippen LogP contribution < -0.4 is 4.74 Å². The smallest absolute Gasteiger partial charge is 0.216 e. The Morgan fingerprint density at radius 1 is 1.50 bits per heavy atom. The van der Waals surface area contributed by atoms with Crippen LogP contribution in [0.25, 0.3) is 0 Å². The summed E-state index contributed by atoms with van der Waals surface area (Å²) in [6, 6.07) is 0. The summed E-state index contributed by atoms with van der Waals surface area (Å²) < 4.78 is 6.76. The lowest BCUT2D eigenvalue weighted by molar-refractivity contribution is 0.0104. The van der Waals surface area contributed by atoms with E-state index >= 15 is 0 Å². The molecule has 1 aliphatic carbocycles. The number of methoxy groups -OCH3 is 1. The van der Waals surface area contributed by atoms with Gasteiger partial charge in [0.1, 0.15) is 11.3 Å². The fourth-order valence-corrected chi connectivity index (χ4v) is 2.57. The molecule has 1 N–H and O–H groups in total. The SMILES string of the molecule is CCn1ncc(OC)c1C(=O)C1(O)CCCCC1. The van der Waals surface area contributed by atoms with E-state index in [1.165, 1.54) is 13.3 Å². The van der Waals surface area contributed by atoms with Crippen LogP contribution in [-0.4, -0.2) is 33.4 Å². The predicted molar refractivity (Wildman–Crippen MR) is 66.8 cm³/mol. The summed E-state index contributed by atoms with van der Waals surface area (Å²) in [5.41, 5.74) is -0.845. The van der Waals surface area contributed by atoms with E-state index in [2.05, 4.69) is 5.10 Å². The summed E-state index contributed by atoms with van der Waals surface area (Å²) in [6.45, 7) is 2.49. The maximum absolute atomic E-state index is 12.6. The summed E-state index contributed by atoms with van der Waals surface area (Å²) in [5.74, 6) is 0.194. The fraction of sp³-hybridized carbons (Fsp3) is 0.692. The Morgan fingerprint density at radius 2 is 2.17 bits per heavy atom. The number of nitrogens with zero attached hydrogens (tertiary/aromatic N) is 2. The van der Waals surface area contributed by atoms with Crippen LogP contribution in [0.3, 0.4) is 0 Å². The van der Waals surface area contributed by atoms with Gasteiger partial charge in [-0.15, -0.1) is 0 Å². The zero-order chi connectivity index (χ0) is 13.2. The number of ether oxygens (including phenoxy) is 1. The number of carbonyl (C=O) groups is 1. The Kier molecular flexibility index (Phi) is 3.71. The summed E-state index contributed by atoms with van der Waals surface area (Å²) in [5, 5.41) is 14.6. The molecule has 0 spiro atoms. The third kappa shape index (κ3) is 2.14. The summed E-state index contributed by atoms with van der Waals surface area (Å²) in [4.78, 5) is 12.6. The first-order chi connectivity index (χ1) is 8.62. The van der Waals surface area contributed by atoms with Crippen molar-refractivity contribution in [3.05, 3.63) is 11.9 Å². The van der Waals surface area contributed by atoms with Gasteiger partial charge in [0.25, 0.3) is 0 Å². The lowest BCUT2D eigenvalue weighted by Gasteiger charge is -2.30. The summed E-state index contributed by atoms with van der Waals surface area (Å²) in [6.07, 6.45) is 5.46. The number of aliphatic hydroxyl groups is 1. The van der Waals surface area contributed by atoms with Gasteiger partial charge in [-0.3, -0.25) is 9.48 Å². The molecule has 18 heavy (non-hydrogen) atoms. The Balaban J connectivity index is 2.35. The third-order valence-corrected chi connectivity index (χ3v) is 3.64. The monoisotopic (exact) mass is 252 g/mol. The normalized spacial score (nSPS) is 18.6. The number of hydrogen-bond acceptors (Lipinski definition) is 4. The van der Waals surface area contributed by atoms with E-state index in [1.54, 1.807) is 4.68 Å². The third-order valence-electron chi connectivity index (χ3n) is 3.64. The van der Waals surface area contributed by atoms with Crippen LogP contribution in [0.15, 0.2) is 6.20 Å². The minimum atomic E-state index is -1.24. The number of aryl methyl sites for hydroxylation is 1. The number of Topliss-reactive ketones (excluding diaryl/α,β-unsaturated/α-hetero) is 1. The molecule has 1 aliphatic rings. The Morgan fingerprint density at radius 3 is 2.72 bits per heavy atom. The molecule has 1 saturated carbocycles. The molecule has 2 rings (SSSR count). The first-order valence-corrected chi connectivity index (χ1v) is 6.49. The first kappa shape index (κ1) is 13.1. The highest BCUT2D eigenvalue weighted by Gasteiger charge is 2.40. The molecular formula is C13H20N2O3. The van der Waals surface area contributed by atoms with Gasteiger partial charge in [0, 0.05) is 6.54 Å². The quantitative estimate of drug-likeness (QED) is 0.830. The average molecular weight is 252 g/mol. The van der Waals surface area contributed by atoms with E-state index in [1.807, 2.05) is 6.92 Å². The standard InChI is InChI=1S/C13H20N2O3/c1-3-15-11(10(18-2)9-14-15)12(16)13(17)7-5-4-6-8-13/h9,17H,3-8H2,1-2H3. The molecule has 1 aromatic rings. The van der Waals surface area contributed by atoms with Crippen molar-refractivity contribution >= 4 is 5.78 Å². The zero-order valence-electron chi connectivity index (χ0n) is 11.0. The molecule has 1 aromatic heterocycles. The largest absolute Gasteiger partial charge is 0.493 e. The summed E-state index contributed by atoms with van der Waals surface area (Å²) >= 11 is 0. The second kappa shape index (κ2) is 5.10. The second-order valence-corrected chi connectivity index (χ2v) is 4.80. The maximum atomic E-state index is 12.6. The number of aromatic nitrogens is 2. The Labute approximate surface area is 107 Å². The van der Waals surface area contributed by atoms with Gasteiger partial charge < -0.3 is 9.84 Å². The van der Waals surface area contributed by atoms with Crippen molar-refractivity contribution in [1.29, 1.82) is 0 Å². The highest BCUT2D eigenvalue weighted by atomic mass is 16.5. The minimum absolute atomic E-state index is 0.251. The Bertz CT molecular complexity index is 412. The molecular weight excluding hydrogens is 232 g/mol. The topological polar surface area (TPSA) is 64.4 Å². The molecule has 5 heteroatoms. The van der Waals surface area contributed by atoms with Crippen molar-refractivity contribution in [2.75, 3.05) is 7.11 Å². The van der Waals surface area contributed by atoms with E-state index in [0.29, 0.717) is 30.8 Å². The number of ketones is 1. The van der Waals surface area contributed by atoms with Crippen LogP contribution >= 0.6 is 0 Å². The molecule has 1 fully saturated rings. The molecule has 0 bridgehead atoms. The molecule has 100 valence electrons. The van der Waals surface area contributed by atoms with E-state index in [-0.39, 0.29) is 5.78 Å². The maximum Gasteiger partial charge on any atom is 0.216 e. The van der Waals surface area contributed by atoms with Crippen molar-refractivity contribution in [2.45, 2.75) is 51.2 Å². The van der Waals surface area contributed by atoms with Gasteiger partial charge in [0.05, 0.1) is 13.3 Å². The van der Waals surface area contributed by atoms with Crippen LogP contribution in [0, 0.1) is 0 Å². The molecule has 0 aromatic carbocycles. The van der Waals surface area contributed by atoms with Crippen LogP contribution in [0.4, 0.5) is 0 Å².